The average Bonchev–Trinajstić information content (AvgIpc) is 2.91. The Kier molecular flexibility index (Phi) is 5.54. The summed E-state index contributed by atoms with van der Waals surface area (Å²) in [4.78, 5) is 38.9. The Morgan fingerprint density at radius 1 is 0.969 bits per heavy atom. The highest BCUT2D eigenvalue weighted by Gasteiger charge is 2.73. The van der Waals surface area contributed by atoms with Gasteiger partial charge in [-0.15, -0.1) is 0 Å². The van der Waals surface area contributed by atoms with Crippen molar-refractivity contribution in [3.8, 4) is 0 Å². The zero-order valence-corrected chi connectivity index (χ0v) is 18.4. The molecular weight excluding hydrogens is 434 g/mol. The van der Waals surface area contributed by atoms with Crippen molar-refractivity contribution < 1.29 is 32.3 Å². The first kappa shape index (κ1) is 22.0. The quantitative estimate of drug-likeness (QED) is 0.479. The van der Waals surface area contributed by atoms with E-state index in [4.69, 9.17) is 9.47 Å². The molecular formula is C23H23NO7S. The van der Waals surface area contributed by atoms with Gasteiger partial charge in [-0.2, -0.15) is 0 Å². The highest BCUT2D eigenvalue weighted by molar-refractivity contribution is 7.94. The molecule has 2 aromatic rings. The lowest BCUT2D eigenvalue weighted by atomic mass is 9.97. The summed E-state index contributed by atoms with van der Waals surface area (Å²) >= 11 is 0. The van der Waals surface area contributed by atoms with Crippen LogP contribution in [0.2, 0.25) is 0 Å². The molecule has 2 heterocycles. The lowest BCUT2D eigenvalue weighted by Gasteiger charge is -2.41. The molecule has 2 aliphatic heterocycles. The van der Waals surface area contributed by atoms with Crippen molar-refractivity contribution in [1.29, 1.82) is 0 Å². The van der Waals surface area contributed by atoms with E-state index in [1.54, 1.807) is 54.6 Å². The predicted molar refractivity (Wildman–Crippen MR) is 114 cm³/mol. The van der Waals surface area contributed by atoms with Gasteiger partial charge >= 0.3 is 11.9 Å². The summed E-state index contributed by atoms with van der Waals surface area (Å²) in [6.45, 7) is 2.71. The van der Waals surface area contributed by atoms with E-state index in [9.17, 15) is 22.8 Å². The zero-order chi connectivity index (χ0) is 23.1. The van der Waals surface area contributed by atoms with Crippen molar-refractivity contribution in [3.05, 3.63) is 71.8 Å². The van der Waals surface area contributed by atoms with Gasteiger partial charge in [0.05, 0.1) is 6.42 Å². The molecule has 0 bridgehead atoms. The lowest BCUT2D eigenvalue weighted by Crippen LogP contribution is -2.68. The largest absolute Gasteiger partial charge is 0.459 e. The summed E-state index contributed by atoms with van der Waals surface area (Å²) in [5, 5.41) is -1.40. The Labute approximate surface area is 186 Å². The van der Waals surface area contributed by atoms with Gasteiger partial charge in [-0.25, -0.2) is 13.2 Å². The molecule has 4 rings (SSSR count). The first-order valence-corrected chi connectivity index (χ1v) is 11.7. The molecule has 2 fully saturated rings. The van der Waals surface area contributed by atoms with Crippen LogP contribution in [0.25, 0.3) is 0 Å². The van der Waals surface area contributed by atoms with E-state index in [-0.39, 0.29) is 13.0 Å². The third-order valence-corrected chi connectivity index (χ3v) is 8.72. The monoisotopic (exact) mass is 457 g/mol. The van der Waals surface area contributed by atoms with Crippen molar-refractivity contribution >= 4 is 27.7 Å². The summed E-state index contributed by atoms with van der Waals surface area (Å²) in [6, 6.07) is 16.4. The number of fused-ring (bicyclic) bond motifs is 1. The van der Waals surface area contributed by atoms with Crippen LogP contribution in [-0.2, 0) is 46.7 Å². The van der Waals surface area contributed by atoms with Gasteiger partial charge < -0.3 is 14.4 Å². The van der Waals surface area contributed by atoms with Gasteiger partial charge in [-0.3, -0.25) is 9.59 Å². The maximum atomic E-state index is 13.2. The van der Waals surface area contributed by atoms with Crippen LogP contribution in [-0.4, -0.2) is 53.4 Å². The summed E-state index contributed by atoms with van der Waals surface area (Å²) in [6.07, 6.45) is -1.56. The van der Waals surface area contributed by atoms with Gasteiger partial charge in [0, 0.05) is 0 Å². The number of rotatable bonds is 6. The van der Waals surface area contributed by atoms with Crippen molar-refractivity contribution in [1.82, 2.24) is 4.90 Å². The minimum absolute atomic E-state index is 0.0471. The Morgan fingerprint density at radius 2 is 1.53 bits per heavy atom. The van der Waals surface area contributed by atoms with E-state index in [1.165, 1.54) is 13.8 Å². The molecule has 0 N–H and O–H groups in total. The first-order valence-electron chi connectivity index (χ1n) is 10.1. The second kappa shape index (κ2) is 8.05. The molecule has 2 saturated heterocycles. The van der Waals surface area contributed by atoms with Crippen LogP contribution in [0, 0.1) is 0 Å². The number of carbonyl (C=O) groups excluding carboxylic acids is 3. The number of benzene rings is 2. The van der Waals surface area contributed by atoms with Crippen LogP contribution in [0.3, 0.4) is 0 Å². The van der Waals surface area contributed by atoms with Crippen LogP contribution in [0.5, 0.6) is 0 Å². The SMILES string of the molecule is CC1(C)[C@H](C(=O)OCc2ccccc2)N2C(=O)[C@H](OC(=O)Cc3ccccc3)[C@H]2S1(=O)=O. The van der Waals surface area contributed by atoms with Gasteiger partial charge in [-0.1, -0.05) is 60.7 Å². The van der Waals surface area contributed by atoms with Crippen LogP contribution < -0.4 is 0 Å². The molecule has 0 aromatic heterocycles. The van der Waals surface area contributed by atoms with E-state index in [1.807, 2.05) is 6.07 Å². The molecule has 2 aliphatic rings. The number of sulfone groups is 1. The van der Waals surface area contributed by atoms with Crippen LogP contribution in [0.4, 0.5) is 0 Å². The van der Waals surface area contributed by atoms with Crippen molar-refractivity contribution in [3.63, 3.8) is 0 Å². The Hall–Kier alpha value is -3.20. The molecule has 0 radical (unpaired) electrons. The maximum absolute atomic E-state index is 13.2. The normalized spacial score (nSPS) is 24.9. The smallest absolute Gasteiger partial charge is 0.330 e. The molecule has 8 nitrogen and oxygen atoms in total. The zero-order valence-electron chi connectivity index (χ0n) is 17.6. The number of carbonyl (C=O) groups is 3. The fraction of sp³-hybridized carbons (Fsp3) is 0.348. The topological polar surface area (TPSA) is 107 Å². The molecule has 3 atom stereocenters. The van der Waals surface area contributed by atoms with Crippen LogP contribution >= 0.6 is 0 Å². The van der Waals surface area contributed by atoms with E-state index in [0.29, 0.717) is 5.56 Å². The molecule has 0 spiro atoms. The number of hydrogen-bond acceptors (Lipinski definition) is 7. The Morgan fingerprint density at radius 3 is 2.12 bits per heavy atom. The summed E-state index contributed by atoms with van der Waals surface area (Å²) in [5.74, 6) is -2.24. The van der Waals surface area contributed by atoms with Crippen molar-refractivity contribution in [2.45, 2.75) is 49.1 Å². The molecule has 0 unspecified atom stereocenters. The fourth-order valence-electron chi connectivity index (χ4n) is 4.11. The lowest BCUT2D eigenvalue weighted by molar-refractivity contribution is -0.183. The first-order chi connectivity index (χ1) is 15.1. The molecule has 0 aliphatic carbocycles. The van der Waals surface area contributed by atoms with E-state index in [0.717, 1.165) is 10.5 Å². The summed E-state index contributed by atoms with van der Waals surface area (Å²) in [7, 11) is -4.02. The van der Waals surface area contributed by atoms with Crippen LogP contribution in [0.15, 0.2) is 60.7 Å². The minimum atomic E-state index is -4.02. The summed E-state index contributed by atoms with van der Waals surface area (Å²) in [5.41, 5.74) is 1.41. The van der Waals surface area contributed by atoms with E-state index in [2.05, 4.69) is 0 Å². The highest BCUT2D eigenvalue weighted by Crippen LogP contribution is 2.47. The second-order valence-electron chi connectivity index (χ2n) is 8.35. The molecule has 0 saturated carbocycles. The third-order valence-electron chi connectivity index (χ3n) is 5.92. The van der Waals surface area contributed by atoms with Gasteiger partial charge in [-0.05, 0) is 25.0 Å². The fourth-order valence-corrected chi connectivity index (χ4v) is 6.27. The van der Waals surface area contributed by atoms with E-state index >= 15 is 0 Å². The Bertz CT molecular complexity index is 1150. The Balaban J connectivity index is 1.50. The predicted octanol–water partition coefficient (Wildman–Crippen LogP) is 1.63. The third kappa shape index (κ3) is 3.56. The average molecular weight is 458 g/mol. The number of nitrogens with zero attached hydrogens (tertiary/aromatic N) is 1. The van der Waals surface area contributed by atoms with Gasteiger partial charge in [0.15, 0.2) is 15.2 Å². The number of β-lactam (4-membered cyclic amide) rings is 1. The van der Waals surface area contributed by atoms with Crippen molar-refractivity contribution in [2.24, 2.45) is 0 Å². The second-order valence-corrected chi connectivity index (χ2v) is 11.0. The van der Waals surface area contributed by atoms with Crippen molar-refractivity contribution in [2.75, 3.05) is 0 Å². The highest BCUT2D eigenvalue weighted by atomic mass is 32.2. The minimum Gasteiger partial charge on any atom is -0.459 e. The molecule has 32 heavy (non-hydrogen) atoms. The molecule has 1 amide bonds. The van der Waals surface area contributed by atoms with Crippen LogP contribution in [0.1, 0.15) is 25.0 Å². The maximum Gasteiger partial charge on any atom is 0.330 e. The standard InChI is InChI=1S/C23H23NO7S/c1-23(2)19(22(27)30-14-16-11-7-4-8-12-16)24-20(26)18(21(24)32(23,28)29)31-17(25)13-15-9-5-3-6-10-15/h3-12,18-19,21H,13-14H2,1-2H3/t18-,19-,21+/m0/s1. The number of esters is 2. The van der Waals surface area contributed by atoms with Gasteiger partial charge in [0.1, 0.15) is 17.4 Å². The number of ether oxygens (including phenoxy) is 2. The van der Waals surface area contributed by atoms with Gasteiger partial charge in [0.2, 0.25) is 6.10 Å². The van der Waals surface area contributed by atoms with Gasteiger partial charge in [0.25, 0.3) is 5.91 Å². The molecule has 2 aromatic carbocycles. The summed E-state index contributed by atoms with van der Waals surface area (Å²) < 4.78 is 35.3. The number of amides is 1. The molecule has 168 valence electrons. The van der Waals surface area contributed by atoms with E-state index < -0.39 is 49.9 Å². The number of hydrogen-bond donors (Lipinski definition) is 0. The molecule has 9 heteroatoms.